The zero-order valence-corrected chi connectivity index (χ0v) is 24.0. The van der Waals surface area contributed by atoms with E-state index in [-0.39, 0.29) is 42.5 Å². The molecule has 5 rings (SSSR count). The van der Waals surface area contributed by atoms with E-state index in [0.29, 0.717) is 49.3 Å². The Hall–Kier alpha value is -3.90. The first-order valence-corrected chi connectivity index (χ1v) is 14.7. The van der Waals surface area contributed by atoms with Gasteiger partial charge in [0.15, 0.2) is 5.16 Å². The number of thioether (sulfide) groups is 1. The predicted octanol–water partition coefficient (Wildman–Crippen LogP) is 2.41. The van der Waals surface area contributed by atoms with Gasteiger partial charge in [-0.25, -0.2) is 0 Å². The maximum absolute atomic E-state index is 13.2. The summed E-state index contributed by atoms with van der Waals surface area (Å²) >= 11 is 1.32. The van der Waals surface area contributed by atoms with E-state index < -0.39 is 6.04 Å². The third kappa shape index (κ3) is 7.44. The van der Waals surface area contributed by atoms with E-state index in [1.807, 2.05) is 62.5 Å². The van der Waals surface area contributed by atoms with Gasteiger partial charge in [0.25, 0.3) is 0 Å². The van der Waals surface area contributed by atoms with Crippen molar-refractivity contribution >= 4 is 29.5 Å². The van der Waals surface area contributed by atoms with Gasteiger partial charge in [0.1, 0.15) is 17.8 Å². The van der Waals surface area contributed by atoms with Crippen molar-refractivity contribution in [1.29, 1.82) is 0 Å². The molecular weight excluding hydrogens is 544 g/mol. The number of carbonyl (C=O) groups excluding carboxylic acids is 3. The van der Waals surface area contributed by atoms with E-state index in [1.165, 1.54) is 16.7 Å². The number of carbonyl (C=O) groups is 3. The summed E-state index contributed by atoms with van der Waals surface area (Å²) in [5.74, 6) is 1.02. The third-order valence-electron chi connectivity index (χ3n) is 7.16. The number of piperidine rings is 1. The number of nitrogens with one attached hydrogen (secondary N) is 1. The minimum atomic E-state index is -0.432. The molecule has 2 aromatic carbocycles. The number of nitrogens with zero attached hydrogens (tertiary/aromatic N) is 5. The maximum Gasteiger partial charge on any atom is 0.239 e. The lowest BCUT2D eigenvalue weighted by molar-refractivity contribution is -0.138. The van der Waals surface area contributed by atoms with Crippen LogP contribution in [0.1, 0.15) is 24.5 Å². The van der Waals surface area contributed by atoms with E-state index in [2.05, 4.69) is 15.5 Å². The van der Waals surface area contributed by atoms with Gasteiger partial charge in [-0.3, -0.25) is 14.4 Å². The Morgan fingerprint density at radius 1 is 1.12 bits per heavy atom. The predicted molar refractivity (Wildman–Crippen MR) is 152 cm³/mol. The van der Waals surface area contributed by atoms with Gasteiger partial charge in [-0.1, -0.05) is 36.0 Å². The fourth-order valence-corrected chi connectivity index (χ4v) is 5.75. The van der Waals surface area contributed by atoms with Crippen molar-refractivity contribution in [3.05, 3.63) is 66.0 Å². The van der Waals surface area contributed by atoms with Crippen LogP contribution in [0.5, 0.6) is 11.5 Å². The number of hydrogen-bond donors (Lipinski definition) is 1. The Morgan fingerprint density at radius 2 is 1.88 bits per heavy atom. The fourth-order valence-electron chi connectivity index (χ4n) is 4.96. The summed E-state index contributed by atoms with van der Waals surface area (Å²) in [6.45, 7) is 3.30. The van der Waals surface area contributed by atoms with Crippen molar-refractivity contribution < 1.29 is 23.9 Å². The lowest BCUT2D eigenvalue weighted by Crippen LogP contribution is -2.58. The van der Waals surface area contributed by atoms with Crippen molar-refractivity contribution in [2.75, 3.05) is 31.9 Å². The van der Waals surface area contributed by atoms with Crippen LogP contribution in [0.25, 0.3) is 0 Å². The van der Waals surface area contributed by atoms with Gasteiger partial charge < -0.3 is 29.2 Å². The summed E-state index contributed by atoms with van der Waals surface area (Å²) in [5.41, 5.74) is 1.73. The Morgan fingerprint density at radius 3 is 2.61 bits per heavy atom. The normalized spacial score (nSPS) is 20.0. The van der Waals surface area contributed by atoms with Crippen LogP contribution in [0.4, 0.5) is 0 Å². The van der Waals surface area contributed by atoms with Gasteiger partial charge in [-0.15, -0.1) is 10.2 Å². The van der Waals surface area contributed by atoms with E-state index in [4.69, 9.17) is 9.47 Å². The number of aryl methyl sites for hydroxylation is 1. The Bertz CT molecular complexity index is 1400. The zero-order valence-electron chi connectivity index (χ0n) is 23.2. The lowest BCUT2D eigenvalue weighted by Gasteiger charge is -2.39. The number of hydrogen-bond acceptors (Lipinski definition) is 8. The first kappa shape index (κ1) is 28.6. The molecule has 2 aliphatic heterocycles. The first-order valence-electron chi connectivity index (χ1n) is 13.7. The van der Waals surface area contributed by atoms with E-state index in [9.17, 15) is 14.4 Å². The van der Waals surface area contributed by atoms with Gasteiger partial charge in [0, 0.05) is 26.7 Å². The average molecular weight is 579 g/mol. The number of amides is 3. The van der Waals surface area contributed by atoms with Gasteiger partial charge in [0.2, 0.25) is 17.7 Å². The molecule has 1 N–H and O–H groups in total. The van der Waals surface area contributed by atoms with Crippen LogP contribution in [0.3, 0.4) is 0 Å². The molecule has 3 aromatic rings. The number of fused-ring (bicyclic) bond motifs is 5. The number of likely N-dealkylation sites (N-methyl/N-ethyl adjacent to an activating group) is 1. The van der Waals surface area contributed by atoms with Crippen molar-refractivity contribution in [2.45, 2.75) is 43.7 Å². The largest absolute Gasteiger partial charge is 0.457 e. The molecule has 1 saturated heterocycles. The Balaban J connectivity index is 1.34. The quantitative estimate of drug-likeness (QED) is 0.469. The molecule has 11 nitrogen and oxygen atoms in total. The van der Waals surface area contributed by atoms with E-state index in [1.54, 1.807) is 15.8 Å². The smallest absolute Gasteiger partial charge is 0.239 e. The Kier molecular flexibility index (Phi) is 9.20. The number of rotatable bonds is 4. The second kappa shape index (κ2) is 13.2. The molecule has 0 radical (unpaired) electrons. The molecule has 3 amide bonds. The molecule has 3 heterocycles. The topological polar surface area (TPSA) is 119 Å². The summed E-state index contributed by atoms with van der Waals surface area (Å²) in [6.07, 6.45) is 1.99. The molecule has 0 unspecified atom stereocenters. The summed E-state index contributed by atoms with van der Waals surface area (Å²) in [4.78, 5) is 42.7. The second-order valence-electron chi connectivity index (χ2n) is 10.1. The molecular formula is C29H34N6O5S. The molecule has 12 heteroatoms. The molecule has 0 saturated carbocycles. The van der Waals surface area contributed by atoms with Gasteiger partial charge in [-0.05, 0) is 48.7 Å². The molecule has 2 aliphatic rings. The molecule has 1 fully saturated rings. The van der Waals surface area contributed by atoms with Crippen LogP contribution in [-0.4, -0.2) is 86.4 Å². The molecule has 0 spiro atoms. The SMILES string of the molecule is CCN1CC(=O)N[C@H]2CN(C(=O)CSc3nncn3C)CC[C@@H]2OCc2cccc(c2)Oc2cccc(c2)CC1=O. The lowest BCUT2D eigenvalue weighted by atomic mass is 10.0. The standard InChI is InChI=1S/C29H34N6O5S/c1-3-34-16-26(36)31-24-15-35(28(38)18-41-29-32-30-19-33(29)2)11-10-25(24)39-17-21-7-5-9-23(13-21)40-22-8-4-6-20(12-22)14-27(34)37/h4-9,12-13,19,24-25H,3,10-11,14-18H2,1-2H3,(H,31,36)/t24-,25-/m0/s1. The number of aromatic nitrogens is 3. The van der Waals surface area contributed by atoms with Crippen LogP contribution >= 0.6 is 11.8 Å². The van der Waals surface area contributed by atoms with Gasteiger partial charge >= 0.3 is 0 Å². The number of ether oxygens (including phenoxy) is 2. The summed E-state index contributed by atoms with van der Waals surface area (Å²) < 4.78 is 14.2. The fraction of sp³-hybridized carbons (Fsp3) is 0.414. The minimum Gasteiger partial charge on any atom is -0.457 e. The second-order valence-corrected chi connectivity index (χ2v) is 11.1. The van der Waals surface area contributed by atoms with Crippen molar-refractivity contribution in [2.24, 2.45) is 7.05 Å². The Labute approximate surface area is 243 Å². The maximum atomic E-state index is 13.2. The van der Waals surface area contributed by atoms with Crippen LogP contribution in [-0.2, 0) is 39.2 Å². The van der Waals surface area contributed by atoms with Crippen LogP contribution in [0.15, 0.2) is 60.0 Å². The monoisotopic (exact) mass is 578 g/mol. The molecule has 2 atom stereocenters. The minimum absolute atomic E-state index is 0.0499. The highest BCUT2D eigenvalue weighted by Gasteiger charge is 2.34. The molecule has 4 bridgehead atoms. The van der Waals surface area contributed by atoms with Crippen LogP contribution in [0, 0.1) is 0 Å². The highest BCUT2D eigenvalue weighted by Crippen LogP contribution is 2.25. The summed E-state index contributed by atoms with van der Waals surface area (Å²) in [5, 5.41) is 11.6. The number of likely N-dealkylation sites (tertiary alicyclic amines) is 1. The third-order valence-corrected chi connectivity index (χ3v) is 8.18. The van der Waals surface area contributed by atoms with Crippen LogP contribution in [0.2, 0.25) is 0 Å². The highest BCUT2D eigenvalue weighted by atomic mass is 32.2. The van der Waals surface area contributed by atoms with E-state index >= 15 is 0 Å². The first-order chi connectivity index (χ1) is 19.9. The summed E-state index contributed by atoms with van der Waals surface area (Å²) in [6, 6.07) is 14.7. The summed E-state index contributed by atoms with van der Waals surface area (Å²) in [7, 11) is 1.83. The molecule has 0 aliphatic carbocycles. The van der Waals surface area contributed by atoms with Crippen molar-refractivity contribution in [3.63, 3.8) is 0 Å². The van der Waals surface area contributed by atoms with Crippen molar-refractivity contribution in [3.8, 4) is 11.5 Å². The average Bonchev–Trinajstić information content (AvgIpc) is 3.38. The van der Waals surface area contributed by atoms with Crippen molar-refractivity contribution in [1.82, 2.24) is 29.9 Å². The zero-order chi connectivity index (χ0) is 28.8. The van der Waals surface area contributed by atoms with E-state index in [0.717, 1.165) is 11.1 Å². The van der Waals surface area contributed by atoms with Gasteiger partial charge in [-0.2, -0.15) is 0 Å². The molecule has 1 aromatic heterocycles. The molecule has 41 heavy (non-hydrogen) atoms. The van der Waals surface area contributed by atoms with Gasteiger partial charge in [0.05, 0.1) is 37.5 Å². The molecule has 216 valence electrons. The number of benzene rings is 2. The highest BCUT2D eigenvalue weighted by molar-refractivity contribution is 7.99. The van der Waals surface area contributed by atoms with Crippen LogP contribution < -0.4 is 10.1 Å².